The van der Waals surface area contributed by atoms with E-state index >= 15 is 0 Å². The number of aryl methyl sites for hydroxylation is 2. The van der Waals surface area contributed by atoms with Crippen molar-refractivity contribution in [1.82, 2.24) is 15.1 Å². The number of benzene rings is 2. The van der Waals surface area contributed by atoms with Crippen LogP contribution in [-0.4, -0.2) is 34.2 Å². The third kappa shape index (κ3) is 3.89. The third-order valence-electron chi connectivity index (χ3n) is 4.98. The van der Waals surface area contributed by atoms with Crippen molar-refractivity contribution < 1.29 is 14.0 Å². The van der Waals surface area contributed by atoms with Gasteiger partial charge < -0.3 is 10.2 Å². The molecule has 6 nitrogen and oxygen atoms in total. The Kier molecular flexibility index (Phi) is 4.88. The first-order chi connectivity index (χ1) is 13.9. The molecule has 0 radical (unpaired) electrons. The molecule has 1 aliphatic heterocycles. The lowest BCUT2D eigenvalue weighted by atomic mass is 10.1. The number of carbonyl (C=O) groups is 2. The summed E-state index contributed by atoms with van der Waals surface area (Å²) >= 11 is 0. The number of carbonyl (C=O) groups excluding carboxylic acids is 2. The van der Waals surface area contributed by atoms with E-state index in [4.69, 9.17) is 0 Å². The van der Waals surface area contributed by atoms with Crippen molar-refractivity contribution in [2.75, 3.05) is 11.4 Å². The minimum absolute atomic E-state index is 0.0956. The minimum atomic E-state index is -0.353. The zero-order valence-electron chi connectivity index (χ0n) is 16.2. The van der Waals surface area contributed by atoms with Gasteiger partial charge in [-0.2, -0.15) is 5.10 Å². The van der Waals surface area contributed by atoms with Crippen LogP contribution in [-0.2, 0) is 4.79 Å². The molecule has 1 atom stereocenters. The fraction of sp³-hybridized carbons (Fsp3) is 0.227. The quantitative estimate of drug-likeness (QED) is 0.742. The van der Waals surface area contributed by atoms with Crippen molar-refractivity contribution in [3.63, 3.8) is 0 Å². The van der Waals surface area contributed by atoms with E-state index in [2.05, 4.69) is 10.4 Å². The number of hydrogen-bond donors (Lipinski definition) is 1. The molecule has 1 unspecified atom stereocenters. The number of nitrogens with zero attached hydrogens (tertiary/aromatic N) is 3. The molecule has 2 amide bonds. The molecule has 4 rings (SSSR count). The zero-order chi connectivity index (χ0) is 20.5. The fourth-order valence-corrected chi connectivity index (χ4v) is 3.59. The number of amides is 2. The Morgan fingerprint density at radius 2 is 1.72 bits per heavy atom. The summed E-state index contributed by atoms with van der Waals surface area (Å²) < 4.78 is 14.9. The Labute approximate surface area is 167 Å². The molecule has 29 heavy (non-hydrogen) atoms. The lowest BCUT2D eigenvalue weighted by Crippen LogP contribution is -2.37. The summed E-state index contributed by atoms with van der Waals surface area (Å²) in [5.41, 5.74) is 3.97. The van der Waals surface area contributed by atoms with Crippen LogP contribution < -0.4 is 10.2 Å². The van der Waals surface area contributed by atoms with Crippen LogP contribution in [0.2, 0.25) is 0 Å². The molecule has 2 aromatic carbocycles. The molecule has 0 aliphatic carbocycles. The second kappa shape index (κ2) is 7.50. The maximum Gasteiger partial charge on any atom is 0.251 e. The Morgan fingerprint density at radius 1 is 1.07 bits per heavy atom. The highest BCUT2D eigenvalue weighted by atomic mass is 19.1. The van der Waals surface area contributed by atoms with Gasteiger partial charge in [-0.15, -0.1) is 0 Å². The largest absolute Gasteiger partial charge is 0.347 e. The Morgan fingerprint density at radius 3 is 2.34 bits per heavy atom. The summed E-state index contributed by atoms with van der Waals surface area (Å²) in [6, 6.07) is 14.6. The molecule has 1 aliphatic rings. The summed E-state index contributed by atoms with van der Waals surface area (Å²) in [6.45, 7) is 4.27. The van der Waals surface area contributed by atoms with Gasteiger partial charge in [0.15, 0.2) is 0 Å². The summed E-state index contributed by atoms with van der Waals surface area (Å²) in [5, 5.41) is 7.35. The molecule has 2 heterocycles. The number of anilines is 1. The summed E-state index contributed by atoms with van der Waals surface area (Å²) in [4.78, 5) is 26.5. The average molecular weight is 392 g/mol. The van der Waals surface area contributed by atoms with Crippen LogP contribution in [0, 0.1) is 19.7 Å². The van der Waals surface area contributed by atoms with Gasteiger partial charge in [-0.05, 0) is 68.4 Å². The number of hydrogen-bond acceptors (Lipinski definition) is 3. The van der Waals surface area contributed by atoms with E-state index in [-0.39, 0.29) is 30.1 Å². The van der Waals surface area contributed by atoms with E-state index in [0.717, 1.165) is 17.1 Å². The van der Waals surface area contributed by atoms with Gasteiger partial charge in [0.1, 0.15) is 5.82 Å². The summed E-state index contributed by atoms with van der Waals surface area (Å²) in [6.07, 6.45) is 0.215. The molecule has 1 fully saturated rings. The smallest absolute Gasteiger partial charge is 0.251 e. The van der Waals surface area contributed by atoms with Gasteiger partial charge in [-0.25, -0.2) is 9.07 Å². The second-order valence-corrected chi connectivity index (χ2v) is 7.24. The molecule has 0 saturated carbocycles. The van der Waals surface area contributed by atoms with Crippen molar-refractivity contribution >= 4 is 17.5 Å². The number of rotatable bonds is 4. The molecule has 7 heteroatoms. The summed E-state index contributed by atoms with van der Waals surface area (Å²) in [5.74, 6) is -0.681. The highest BCUT2D eigenvalue weighted by Crippen LogP contribution is 2.22. The SMILES string of the molecule is Cc1cc(C)n(-c2ccc(C(=O)NC3CC(=O)N(c4ccc(F)cc4)C3)cc2)n1. The third-order valence-corrected chi connectivity index (χ3v) is 4.98. The molecular formula is C22H21FN4O2. The van der Waals surface area contributed by atoms with Crippen LogP contribution >= 0.6 is 0 Å². The number of nitrogens with one attached hydrogen (secondary N) is 1. The van der Waals surface area contributed by atoms with E-state index in [1.807, 2.05) is 36.7 Å². The van der Waals surface area contributed by atoms with Crippen LogP contribution in [0.4, 0.5) is 10.1 Å². The van der Waals surface area contributed by atoms with Crippen LogP contribution in [0.25, 0.3) is 5.69 Å². The Bertz CT molecular complexity index is 1060. The predicted octanol–water partition coefficient (Wildman–Crippen LogP) is 3.16. The highest BCUT2D eigenvalue weighted by Gasteiger charge is 2.31. The van der Waals surface area contributed by atoms with E-state index in [0.29, 0.717) is 17.8 Å². The van der Waals surface area contributed by atoms with Crippen molar-refractivity contribution in [3.05, 3.63) is 77.4 Å². The molecule has 1 aromatic heterocycles. The van der Waals surface area contributed by atoms with Crippen LogP contribution in [0.3, 0.4) is 0 Å². The van der Waals surface area contributed by atoms with Gasteiger partial charge >= 0.3 is 0 Å². The molecule has 1 N–H and O–H groups in total. The first-order valence-corrected chi connectivity index (χ1v) is 9.41. The molecule has 0 bridgehead atoms. The Hall–Kier alpha value is -3.48. The van der Waals surface area contributed by atoms with Gasteiger partial charge in [0.2, 0.25) is 5.91 Å². The lowest BCUT2D eigenvalue weighted by molar-refractivity contribution is -0.117. The molecule has 1 saturated heterocycles. The second-order valence-electron chi connectivity index (χ2n) is 7.24. The van der Waals surface area contributed by atoms with Crippen molar-refractivity contribution in [1.29, 1.82) is 0 Å². The van der Waals surface area contributed by atoms with E-state index in [9.17, 15) is 14.0 Å². The van der Waals surface area contributed by atoms with E-state index < -0.39 is 0 Å². The maximum absolute atomic E-state index is 13.1. The monoisotopic (exact) mass is 392 g/mol. The van der Waals surface area contributed by atoms with Crippen LogP contribution in [0.1, 0.15) is 28.2 Å². The Balaban J connectivity index is 1.42. The van der Waals surface area contributed by atoms with Crippen molar-refractivity contribution in [3.8, 4) is 5.69 Å². The highest BCUT2D eigenvalue weighted by molar-refractivity contribution is 5.99. The number of aromatic nitrogens is 2. The molecular weight excluding hydrogens is 371 g/mol. The standard InChI is InChI=1S/C22H21FN4O2/c1-14-11-15(2)27(25-14)20-7-3-16(4-8-20)22(29)24-18-12-21(28)26(13-18)19-9-5-17(23)6-10-19/h3-11,18H,12-13H2,1-2H3,(H,24,29). The first kappa shape index (κ1) is 18.9. The average Bonchev–Trinajstić information content (AvgIpc) is 3.23. The van der Waals surface area contributed by atoms with Gasteiger partial charge in [0.25, 0.3) is 5.91 Å². The van der Waals surface area contributed by atoms with E-state index in [1.54, 1.807) is 29.2 Å². The van der Waals surface area contributed by atoms with Gasteiger partial charge in [0.05, 0.1) is 17.4 Å². The van der Waals surface area contributed by atoms with E-state index in [1.165, 1.54) is 12.1 Å². The molecule has 0 spiro atoms. The molecule has 3 aromatic rings. The summed E-state index contributed by atoms with van der Waals surface area (Å²) in [7, 11) is 0. The molecule has 148 valence electrons. The van der Waals surface area contributed by atoms with Crippen LogP contribution in [0.5, 0.6) is 0 Å². The van der Waals surface area contributed by atoms with Gasteiger partial charge in [-0.3, -0.25) is 9.59 Å². The topological polar surface area (TPSA) is 67.2 Å². The normalized spacial score (nSPS) is 16.3. The van der Waals surface area contributed by atoms with Crippen molar-refractivity contribution in [2.45, 2.75) is 26.3 Å². The van der Waals surface area contributed by atoms with Gasteiger partial charge in [0, 0.05) is 29.9 Å². The zero-order valence-corrected chi connectivity index (χ0v) is 16.2. The van der Waals surface area contributed by atoms with Crippen LogP contribution in [0.15, 0.2) is 54.6 Å². The fourth-order valence-electron chi connectivity index (χ4n) is 3.59. The predicted molar refractivity (Wildman–Crippen MR) is 108 cm³/mol. The van der Waals surface area contributed by atoms with Crippen molar-refractivity contribution in [2.24, 2.45) is 0 Å². The number of halogens is 1. The minimum Gasteiger partial charge on any atom is -0.347 e. The first-order valence-electron chi connectivity index (χ1n) is 9.41. The van der Waals surface area contributed by atoms with Gasteiger partial charge in [-0.1, -0.05) is 0 Å². The maximum atomic E-state index is 13.1. The lowest BCUT2D eigenvalue weighted by Gasteiger charge is -2.17.